The van der Waals surface area contributed by atoms with E-state index in [-0.39, 0.29) is 17.0 Å². The van der Waals surface area contributed by atoms with E-state index in [4.69, 9.17) is 9.72 Å². The Bertz CT molecular complexity index is 1200. The second-order valence-corrected chi connectivity index (χ2v) is 8.29. The summed E-state index contributed by atoms with van der Waals surface area (Å²) >= 11 is 0. The molecule has 8 nitrogen and oxygen atoms in total. The predicted octanol–water partition coefficient (Wildman–Crippen LogP) is 3.59. The van der Waals surface area contributed by atoms with Gasteiger partial charge in [-0.05, 0) is 43.0 Å². The topological polar surface area (TPSA) is 98.1 Å². The number of hydrogen-bond donors (Lipinski definition) is 2. The minimum absolute atomic E-state index is 0.127. The molecule has 1 saturated carbocycles. The fourth-order valence-corrected chi connectivity index (χ4v) is 4.38. The van der Waals surface area contributed by atoms with Gasteiger partial charge in [-0.1, -0.05) is 25.3 Å². The van der Waals surface area contributed by atoms with Crippen molar-refractivity contribution in [2.24, 2.45) is 0 Å². The van der Waals surface area contributed by atoms with Crippen molar-refractivity contribution in [3.8, 4) is 5.75 Å². The molecule has 1 aromatic carbocycles. The van der Waals surface area contributed by atoms with E-state index in [1.807, 2.05) is 23.6 Å². The third-order valence-electron chi connectivity index (χ3n) is 6.01. The number of pyridine rings is 1. The summed E-state index contributed by atoms with van der Waals surface area (Å²) in [6.07, 6.45) is 8.65. The first-order valence-electron chi connectivity index (χ1n) is 11.0. The Morgan fingerprint density at radius 1 is 1.22 bits per heavy atom. The van der Waals surface area contributed by atoms with Gasteiger partial charge >= 0.3 is 0 Å². The van der Waals surface area contributed by atoms with E-state index in [1.54, 1.807) is 13.3 Å². The number of aromatic nitrogens is 3. The molecule has 0 bridgehead atoms. The summed E-state index contributed by atoms with van der Waals surface area (Å²) in [5.41, 5.74) is 2.50. The summed E-state index contributed by atoms with van der Waals surface area (Å²) in [4.78, 5) is 34.4. The molecule has 0 atom stereocenters. The molecule has 4 rings (SSSR count). The predicted molar refractivity (Wildman–Crippen MR) is 124 cm³/mol. The minimum Gasteiger partial charge on any atom is -0.497 e. The molecule has 2 N–H and O–H groups in total. The van der Waals surface area contributed by atoms with Gasteiger partial charge in [0.1, 0.15) is 17.0 Å². The number of amides is 1. The largest absolute Gasteiger partial charge is 0.497 e. The maximum Gasteiger partial charge on any atom is 0.256 e. The number of fused-ring (bicyclic) bond motifs is 1. The lowest BCUT2D eigenvalue weighted by atomic mass is 9.95. The number of methoxy groups -OCH3 is 1. The average Bonchev–Trinajstić information content (AvgIpc) is 2.82. The number of aryl methyl sites for hydroxylation is 1. The Morgan fingerprint density at radius 3 is 2.72 bits per heavy atom. The van der Waals surface area contributed by atoms with Gasteiger partial charge in [0, 0.05) is 32.0 Å². The first-order valence-corrected chi connectivity index (χ1v) is 11.0. The SMILES string of the molecule is CNC(=O)c1cn(C2CCCCC2)c2nc(NCc3cc(C)cc(OC)c3)ncc2c1=O. The molecule has 1 fully saturated rings. The highest BCUT2D eigenvalue weighted by Gasteiger charge is 2.22. The summed E-state index contributed by atoms with van der Waals surface area (Å²) in [5, 5.41) is 6.18. The molecular weight excluding hydrogens is 406 g/mol. The van der Waals surface area contributed by atoms with Crippen LogP contribution < -0.4 is 20.8 Å². The first kappa shape index (κ1) is 21.8. The van der Waals surface area contributed by atoms with Crippen LogP contribution in [0.4, 0.5) is 5.95 Å². The maximum absolute atomic E-state index is 13.0. The molecule has 3 aromatic rings. The molecule has 0 aliphatic heterocycles. The smallest absolute Gasteiger partial charge is 0.256 e. The summed E-state index contributed by atoms with van der Waals surface area (Å²) in [6.45, 7) is 2.54. The lowest BCUT2D eigenvalue weighted by Crippen LogP contribution is -2.29. The van der Waals surface area contributed by atoms with Crippen molar-refractivity contribution in [2.75, 3.05) is 19.5 Å². The van der Waals surface area contributed by atoms with Crippen molar-refractivity contribution in [2.45, 2.75) is 51.6 Å². The summed E-state index contributed by atoms with van der Waals surface area (Å²) in [6, 6.07) is 6.22. The Hall–Kier alpha value is -3.42. The van der Waals surface area contributed by atoms with Crippen LogP contribution in [-0.2, 0) is 6.54 Å². The van der Waals surface area contributed by atoms with Gasteiger partial charge in [0.05, 0.1) is 12.5 Å². The van der Waals surface area contributed by atoms with Crippen LogP contribution in [0.25, 0.3) is 11.0 Å². The fourth-order valence-electron chi connectivity index (χ4n) is 4.38. The maximum atomic E-state index is 13.0. The highest BCUT2D eigenvalue weighted by Crippen LogP contribution is 2.30. The van der Waals surface area contributed by atoms with Crippen molar-refractivity contribution in [3.05, 3.63) is 57.5 Å². The van der Waals surface area contributed by atoms with Crippen LogP contribution in [0.3, 0.4) is 0 Å². The highest BCUT2D eigenvalue weighted by atomic mass is 16.5. The van der Waals surface area contributed by atoms with E-state index in [2.05, 4.69) is 21.7 Å². The summed E-state index contributed by atoms with van der Waals surface area (Å²) in [7, 11) is 3.18. The Balaban J connectivity index is 1.72. The average molecular weight is 436 g/mol. The van der Waals surface area contributed by atoms with Gasteiger partial charge in [-0.2, -0.15) is 4.98 Å². The van der Waals surface area contributed by atoms with Gasteiger partial charge in [-0.3, -0.25) is 9.59 Å². The third-order valence-corrected chi connectivity index (χ3v) is 6.01. The van der Waals surface area contributed by atoms with Gasteiger partial charge in [0.15, 0.2) is 0 Å². The van der Waals surface area contributed by atoms with Gasteiger partial charge in [-0.25, -0.2) is 4.98 Å². The quantitative estimate of drug-likeness (QED) is 0.614. The van der Waals surface area contributed by atoms with E-state index in [0.29, 0.717) is 23.5 Å². The number of anilines is 1. The molecule has 2 heterocycles. The lowest BCUT2D eigenvalue weighted by Gasteiger charge is -2.26. The van der Waals surface area contributed by atoms with Crippen LogP contribution in [0.15, 0.2) is 35.4 Å². The molecule has 0 spiro atoms. The van der Waals surface area contributed by atoms with E-state index in [1.165, 1.54) is 19.7 Å². The number of carbonyl (C=O) groups is 1. The van der Waals surface area contributed by atoms with Crippen LogP contribution in [0.1, 0.15) is 59.6 Å². The van der Waals surface area contributed by atoms with Crippen molar-refractivity contribution < 1.29 is 9.53 Å². The van der Waals surface area contributed by atoms with Crippen molar-refractivity contribution >= 4 is 22.9 Å². The monoisotopic (exact) mass is 435 g/mol. The van der Waals surface area contributed by atoms with Crippen LogP contribution in [-0.4, -0.2) is 34.6 Å². The zero-order chi connectivity index (χ0) is 22.7. The molecule has 1 amide bonds. The highest BCUT2D eigenvalue weighted by molar-refractivity contribution is 5.96. The summed E-state index contributed by atoms with van der Waals surface area (Å²) in [5.74, 6) is 0.848. The second-order valence-electron chi connectivity index (χ2n) is 8.29. The molecule has 168 valence electrons. The minimum atomic E-state index is -0.392. The molecule has 0 saturated heterocycles. The standard InChI is InChI=1S/C24H29N5O3/c1-15-9-16(11-18(10-15)32-3)12-26-24-27-13-19-21(30)20(23(31)25-2)14-29(22(19)28-24)17-7-5-4-6-8-17/h9-11,13-14,17H,4-8,12H2,1-3H3,(H,25,31)(H,26,27,28). The molecule has 1 aliphatic carbocycles. The van der Waals surface area contributed by atoms with Crippen molar-refractivity contribution in [1.82, 2.24) is 19.9 Å². The van der Waals surface area contributed by atoms with Crippen LogP contribution in [0, 0.1) is 6.92 Å². The zero-order valence-corrected chi connectivity index (χ0v) is 18.8. The van der Waals surface area contributed by atoms with E-state index in [9.17, 15) is 9.59 Å². The van der Waals surface area contributed by atoms with Crippen LogP contribution >= 0.6 is 0 Å². The van der Waals surface area contributed by atoms with Crippen molar-refractivity contribution in [3.63, 3.8) is 0 Å². The number of carbonyl (C=O) groups excluding carboxylic acids is 1. The molecule has 2 aromatic heterocycles. The van der Waals surface area contributed by atoms with Gasteiger partial charge in [-0.15, -0.1) is 0 Å². The molecule has 1 aliphatic rings. The van der Waals surface area contributed by atoms with E-state index >= 15 is 0 Å². The Kier molecular flexibility index (Phi) is 6.39. The molecule has 0 radical (unpaired) electrons. The van der Waals surface area contributed by atoms with Crippen LogP contribution in [0.2, 0.25) is 0 Å². The number of nitrogens with zero attached hydrogens (tertiary/aromatic N) is 3. The molecule has 8 heteroatoms. The second kappa shape index (κ2) is 9.38. The molecule has 32 heavy (non-hydrogen) atoms. The van der Waals surface area contributed by atoms with E-state index < -0.39 is 5.91 Å². The lowest BCUT2D eigenvalue weighted by molar-refractivity contribution is 0.0961. The molecular formula is C24H29N5O3. The summed E-state index contributed by atoms with van der Waals surface area (Å²) < 4.78 is 7.35. The van der Waals surface area contributed by atoms with Crippen LogP contribution in [0.5, 0.6) is 5.75 Å². The number of hydrogen-bond acceptors (Lipinski definition) is 6. The normalized spacial score (nSPS) is 14.3. The zero-order valence-electron chi connectivity index (χ0n) is 18.8. The van der Waals surface area contributed by atoms with Gasteiger partial charge < -0.3 is 19.9 Å². The van der Waals surface area contributed by atoms with Crippen molar-refractivity contribution in [1.29, 1.82) is 0 Å². The van der Waals surface area contributed by atoms with E-state index in [0.717, 1.165) is 42.6 Å². The number of ether oxygens (including phenoxy) is 1. The molecule has 0 unspecified atom stereocenters. The van der Waals surface area contributed by atoms with Gasteiger partial charge in [0.2, 0.25) is 11.4 Å². The number of benzene rings is 1. The Labute approximate surface area is 187 Å². The number of nitrogens with one attached hydrogen (secondary N) is 2. The van der Waals surface area contributed by atoms with Gasteiger partial charge in [0.25, 0.3) is 5.91 Å². The number of rotatable bonds is 6. The first-order chi connectivity index (χ1) is 15.5. The fraction of sp³-hybridized carbons (Fsp3) is 0.417. The Morgan fingerprint density at radius 2 is 2.00 bits per heavy atom. The third kappa shape index (κ3) is 4.44.